The van der Waals surface area contributed by atoms with Gasteiger partial charge < -0.3 is 16.0 Å². The fourth-order valence-electron chi connectivity index (χ4n) is 5.42. The van der Waals surface area contributed by atoms with E-state index in [-0.39, 0.29) is 17.9 Å². The fraction of sp³-hybridized carbons (Fsp3) is 0.194. The number of piperidine rings is 1. The van der Waals surface area contributed by atoms with E-state index in [1.54, 1.807) is 29.2 Å². The van der Waals surface area contributed by atoms with E-state index in [1.165, 1.54) is 6.08 Å². The third-order valence-electron chi connectivity index (χ3n) is 7.45. The molecular formula is C31H30N8O2. The molecule has 0 saturated carbocycles. The standard InChI is InChI=1S/C31H30N8O2/c1-3-26(40)38-15-7-10-24(19-38)39-29-25(22-16-34-37(2)18-22)17-33-30(32)27(29)28(36-39)20-11-13-21(14-12-20)31(41)35-23-8-5-4-6-9-23/h3-6,8-9,11-14,16-18,24H,1,7,10,15,19H2,2H3,(H2,32,33)(H,35,41)/t24-/m1/s1. The van der Waals surface area contributed by atoms with Crippen molar-refractivity contribution in [2.45, 2.75) is 18.9 Å². The summed E-state index contributed by atoms with van der Waals surface area (Å²) < 4.78 is 3.73. The number of nitrogen functional groups attached to an aromatic ring is 1. The molecule has 1 atom stereocenters. The maximum Gasteiger partial charge on any atom is 0.255 e. The molecule has 0 bridgehead atoms. The Hall–Kier alpha value is -5.25. The van der Waals surface area contributed by atoms with Crippen molar-refractivity contribution < 1.29 is 9.59 Å². The largest absolute Gasteiger partial charge is 0.383 e. The molecule has 10 nitrogen and oxygen atoms in total. The van der Waals surface area contributed by atoms with Gasteiger partial charge in [0.25, 0.3) is 5.91 Å². The zero-order chi connectivity index (χ0) is 28.5. The second kappa shape index (κ2) is 10.7. The van der Waals surface area contributed by atoms with Gasteiger partial charge in [-0.15, -0.1) is 0 Å². The number of carbonyl (C=O) groups is 2. The van der Waals surface area contributed by atoms with Gasteiger partial charge in [-0.1, -0.05) is 36.9 Å². The Morgan fingerprint density at radius 3 is 2.56 bits per heavy atom. The van der Waals surface area contributed by atoms with Crippen molar-refractivity contribution in [1.29, 1.82) is 0 Å². The van der Waals surface area contributed by atoms with Crippen molar-refractivity contribution in [3.63, 3.8) is 0 Å². The molecule has 206 valence electrons. The molecule has 5 aromatic rings. The number of likely N-dealkylation sites (tertiary alicyclic amines) is 1. The predicted molar refractivity (Wildman–Crippen MR) is 159 cm³/mol. The number of fused-ring (bicyclic) bond motifs is 1. The SMILES string of the molecule is C=CC(=O)N1CCC[C@@H](n2nc(-c3ccc(C(=O)Nc4ccccc4)cc3)c3c(N)ncc(-c4cnn(C)c4)c32)C1. The first kappa shape index (κ1) is 26.0. The smallest absolute Gasteiger partial charge is 0.255 e. The van der Waals surface area contributed by atoms with E-state index in [0.717, 1.165) is 46.1 Å². The molecular weight excluding hydrogens is 516 g/mol. The predicted octanol–water partition coefficient (Wildman–Crippen LogP) is 4.68. The Labute approximate surface area is 237 Å². The zero-order valence-corrected chi connectivity index (χ0v) is 22.7. The van der Waals surface area contributed by atoms with Gasteiger partial charge in [0.15, 0.2) is 0 Å². The van der Waals surface area contributed by atoms with Crippen molar-refractivity contribution in [3.05, 3.63) is 91.4 Å². The number of amides is 2. The minimum absolute atomic E-state index is 0.0722. The summed E-state index contributed by atoms with van der Waals surface area (Å²) in [6, 6.07) is 16.6. The summed E-state index contributed by atoms with van der Waals surface area (Å²) in [5, 5.41) is 13.1. The summed E-state index contributed by atoms with van der Waals surface area (Å²) in [5.74, 6) is 0.0615. The number of pyridine rings is 1. The maximum atomic E-state index is 12.8. The highest BCUT2D eigenvalue weighted by atomic mass is 16.2. The lowest BCUT2D eigenvalue weighted by Crippen LogP contribution is -2.40. The topological polar surface area (TPSA) is 124 Å². The number of carbonyl (C=O) groups excluding carboxylic acids is 2. The van der Waals surface area contributed by atoms with E-state index < -0.39 is 0 Å². The van der Waals surface area contributed by atoms with Gasteiger partial charge in [0, 0.05) is 60.5 Å². The molecule has 1 fully saturated rings. The first-order chi connectivity index (χ1) is 19.9. The lowest BCUT2D eigenvalue weighted by Gasteiger charge is -2.32. The number of nitrogens with zero attached hydrogens (tertiary/aromatic N) is 6. The van der Waals surface area contributed by atoms with E-state index in [1.807, 2.05) is 65.3 Å². The Morgan fingerprint density at radius 1 is 1.07 bits per heavy atom. The number of benzene rings is 2. The van der Waals surface area contributed by atoms with E-state index in [4.69, 9.17) is 10.8 Å². The molecule has 6 rings (SSSR count). The van der Waals surface area contributed by atoms with Crippen LogP contribution < -0.4 is 11.1 Å². The van der Waals surface area contributed by atoms with Crippen LogP contribution in [-0.2, 0) is 11.8 Å². The number of para-hydroxylation sites is 1. The van der Waals surface area contributed by atoms with Crippen molar-refractivity contribution in [2.75, 3.05) is 24.1 Å². The highest BCUT2D eigenvalue weighted by molar-refractivity contribution is 6.07. The minimum Gasteiger partial charge on any atom is -0.383 e. The Bertz CT molecular complexity index is 1750. The maximum absolute atomic E-state index is 12.8. The van der Waals surface area contributed by atoms with Crippen molar-refractivity contribution in [3.8, 4) is 22.4 Å². The molecule has 4 heterocycles. The highest BCUT2D eigenvalue weighted by Gasteiger charge is 2.29. The summed E-state index contributed by atoms with van der Waals surface area (Å²) in [7, 11) is 1.86. The van der Waals surface area contributed by atoms with Crippen molar-refractivity contribution in [2.24, 2.45) is 7.05 Å². The molecule has 2 amide bonds. The molecule has 1 aliphatic heterocycles. The van der Waals surface area contributed by atoms with Gasteiger partial charge in [0.05, 0.1) is 23.1 Å². The summed E-state index contributed by atoms with van der Waals surface area (Å²) in [4.78, 5) is 31.7. The van der Waals surface area contributed by atoms with Gasteiger partial charge >= 0.3 is 0 Å². The summed E-state index contributed by atoms with van der Waals surface area (Å²) in [6.45, 7) is 4.85. The highest BCUT2D eigenvalue weighted by Crippen LogP contribution is 2.39. The normalized spacial score (nSPS) is 15.1. The van der Waals surface area contributed by atoms with Crippen LogP contribution in [0.25, 0.3) is 33.3 Å². The van der Waals surface area contributed by atoms with Crippen LogP contribution in [0.2, 0.25) is 0 Å². The molecule has 2 aromatic carbocycles. The molecule has 0 unspecified atom stereocenters. The van der Waals surface area contributed by atoms with E-state index in [2.05, 4.69) is 22.0 Å². The van der Waals surface area contributed by atoms with Crippen LogP contribution in [0.4, 0.5) is 11.5 Å². The lowest BCUT2D eigenvalue weighted by molar-refractivity contribution is -0.127. The second-order valence-electron chi connectivity index (χ2n) is 10.2. The van der Waals surface area contributed by atoms with Crippen LogP contribution in [-0.4, -0.2) is 54.3 Å². The Balaban J connectivity index is 1.45. The number of nitrogens with one attached hydrogen (secondary N) is 1. The lowest BCUT2D eigenvalue weighted by atomic mass is 10.0. The second-order valence-corrected chi connectivity index (χ2v) is 10.2. The van der Waals surface area contributed by atoms with E-state index in [0.29, 0.717) is 30.2 Å². The fourth-order valence-corrected chi connectivity index (χ4v) is 5.42. The van der Waals surface area contributed by atoms with Gasteiger partial charge in [-0.2, -0.15) is 10.2 Å². The molecule has 3 N–H and O–H groups in total. The first-order valence-electron chi connectivity index (χ1n) is 13.5. The van der Waals surface area contributed by atoms with E-state index >= 15 is 0 Å². The van der Waals surface area contributed by atoms with Gasteiger partial charge in [-0.3, -0.25) is 19.0 Å². The Morgan fingerprint density at radius 2 is 1.85 bits per heavy atom. The number of aryl methyl sites for hydroxylation is 1. The first-order valence-corrected chi connectivity index (χ1v) is 13.5. The van der Waals surface area contributed by atoms with Gasteiger partial charge in [0.2, 0.25) is 5.91 Å². The van der Waals surface area contributed by atoms with Crippen LogP contribution in [0.5, 0.6) is 0 Å². The molecule has 1 saturated heterocycles. The average Bonchev–Trinajstić information content (AvgIpc) is 3.62. The zero-order valence-electron chi connectivity index (χ0n) is 22.7. The third kappa shape index (κ3) is 4.95. The average molecular weight is 547 g/mol. The number of hydrogen-bond acceptors (Lipinski definition) is 6. The number of hydrogen-bond donors (Lipinski definition) is 2. The molecule has 10 heteroatoms. The quantitative estimate of drug-likeness (QED) is 0.298. The number of aromatic nitrogens is 5. The third-order valence-corrected chi connectivity index (χ3v) is 7.45. The summed E-state index contributed by atoms with van der Waals surface area (Å²) in [6.07, 6.45) is 8.52. The van der Waals surface area contributed by atoms with Crippen LogP contribution in [0.15, 0.2) is 85.8 Å². The monoisotopic (exact) mass is 546 g/mol. The number of nitrogens with two attached hydrogens (primary N) is 1. The van der Waals surface area contributed by atoms with Crippen LogP contribution >= 0.6 is 0 Å². The van der Waals surface area contributed by atoms with Crippen LogP contribution in [0.1, 0.15) is 29.2 Å². The molecule has 0 spiro atoms. The van der Waals surface area contributed by atoms with E-state index in [9.17, 15) is 9.59 Å². The molecule has 3 aromatic heterocycles. The number of anilines is 2. The summed E-state index contributed by atoms with van der Waals surface area (Å²) >= 11 is 0. The van der Waals surface area contributed by atoms with Gasteiger partial charge in [-0.25, -0.2) is 4.98 Å². The Kier molecular flexibility index (Phi) is 6.80. The van der Waals surface area contributed by atoms with Gasteiger partial charge in [0.1, 0.15) is 11.5 Å². The van der Waals surface area contributed by atoms with Crippen molar-refractivity contribution in [1.82, 2.24) is 29.4 Å². The molecule has 41 heavy (non-hydrogen) atoms. The molecule has 1 aliphatic rings. The van der Waals surface area contributed by atoms with Gasteiger partial charge in [-0.05, 0) is 43.2 Å². The molecule has 0 radical (unpaired) electrons. The molecule has 0 aliphatic carbocycles. The minimum atomic E-state index is -0.202. The van der Waals surface area contributed by atoms with Crippen LogP contribution in [0, 0.1) is 0 Å². The van der Waals surface area contributed by atoms with Crippen molar-refractivity contribution >= 4 is 34.2 Å². The number of rotatable bonds is 6. The van der Waals surface area contributed by atoms with Crippen LogP contribution in [0.3, 0.4) is 0 Å². The summed E-state index contributed by atoms with van der Waals surface area (Å²) in [5.41, 5.74) is 11.8.